The lowest BCUT2D eigenvalue weighted by Crippen LogP contribution is -2.58. The van der Waals surface area contributed by atoms with E-state index in [4.69, 9.17) is 10.00 Å². The molecule has 4 rings (SSSR count). The van der Waals surface area contributed by atoms with Gasteiger partial charge in [0.1, 0.15) is 6.23 Å². The van der Waals surface area contributed by atoms with Crippen molar-refractivity contribution >= 4 is 11.7 Å². The Hall–Kier alpha value is -2.30. The van der Waals surface area contributed by atoms with Crippen LogP contribution in [0.25, 0.3) is 0 Å². The van der Waals surface area contributed by atoms with Gasteiger partial charge < -0.3 is 20.3 Å². The molecule has 3 aliphatic heterocycles. The Morgan fingerprint density at radius 3 is 2.55 bits per heavy atom. The van der Waals surface area contributed by atoms with Crippen LogP contribution in [0.4, 0.5) is 10.5 Å². The van der Waals surface area contributed by atoms with Crippen LogP contribution in [0, 0.1) is 11.3 Å². The SMILES string of the molecule is N#Cc1ccc(NCCCN2C3CCC2CN(C(=O)NC2CCCCO2)C3)cc1. The zero-order chi connectivity index (χ0) is 20.1. The number of amides is 2. The first-order chi connectivity index (χ1) is 14.2. The van der Waals surface area contributed by atoms with E-state index in [9.17, 15) is 4.79 Å². The maximum absolute atomic E-state index is 12.6. The molecule has 2 amide bonds. The molecule has 3 fully saturated rings. The van der Waals surface area contributed by atoms with Crippen molar-refractivity contribution in [1.82, 2.24) is 15.1 Å². The van der Waals surface area contributed by atoms with Gasteiger partial charge in [-0.15, -0.1) is 0 Å². The highest BCUT2D eigenvalue weighted by Crippen LogP contribution is 2.30. The van der Waals surface area contributed by atoms with Gasteiger partial charge in [-0.05, 0) is 62.8 Å². The summed E-state index contributed by atoms with van der Waals surface area (Å²) in [7, 11) is 0. The van der Waals surface area contributed by atoms with Crippen LogP contribution in [0.5, 0.6) is 0 Å². The molecular formula is C22H31N5O2. The number of rotatable bonds is 6. The number of carbonyl (C=O) groups excluding carboxylic acids is 1. The quantitative estimate of drug-likeness (QED) is 0.722. The van der Waals surface area contributed by atoms with Crippen LogP contribution >= 0.6 is 0 Å². The average molecular weight is 398 g/mol. The third-order valence-corrected chi connectivity index (χ3v) is 6.32. The van der Waals surface area contributed by atoms with Gasteiger partial charge in [0.15, 0.2) is 0 Å². The van der Waals surface area contributed by atoms with Crippen molar-refractivity contribution in [2.75, 3.05) is 38.1 Å². The van der Waals surface area contributed by atoms with E-state index in [1.54, 1.807) is 0 Å². The zero-order valence-corrected chi connectivity index (χ0v) is 17.0. The lowest BCUT2D eigenvalue weighted by atomic mass is 10.1. The van der Waals surface area contributed by atoms with E-state index in [0.717, 1.165) is 64.2 Å². The molecule has 0 aromatic heterocycles. The van der Waals surface area contributed by atoms with E-state index >= 15 is 0 Å². The van der Waals surface area contributed by atoms with Crippen LogP contribution in [0.15, 0.2) is 24.3 Å². The highest BCUT2D eigenvalue weighted by Gasteiger charge is 2.41. The number of fused-ring (bicyclic) bond motifs is 2. The summed E-state index contributed by atoms with van der Waals surface area (Å²) in [6, 6.07) is 10.7. The molecule has 2 N–H and O–H groups in total. The number of nitrogens with one attached hydrogen (secondary N) is 2. The first-order valence-electron chi connectivity index (χ1n) is 10.9. The monoisotopic (exact) mass is 397 g/mol. The van der Waals surface area contributed by atoms with Crippen molar-refractivity contribution in [1.29, 1.82) is 5.26 Å². The number of piperazine rings is 1. The van der Waals surface area contributed by atoms with E-state index < -0.39 is 0 Å². The summed E-state index contributed by atoms with van der Waals surface area (Å²) < 4.78 is 5.65. The fourth-order valence-electron chi connectivity index (χ4n) is 4.76. The molecule has 0 aliphatic carbocycles. The molecule has 3 aliphatic rings. The van der Waals surface area contributed by atoms with Crippen molar-refractivity contribution in [2.45, 2.75) is 56.8 Å². The molecule has 7 nitrogen and oxygen atoms in total. The lowest BCUT2D eigenvalue weighted by Gasteiger charge is -2.41. The molecule has 1 aromatic rings. The number of benzene rings is 1. The molecule has 29 heavy (non-hydrogen) atoms. The molecule has 156 valence electrons. The largest absolute Gasteiger partial charge is 0.385 e. The molecule has 0 radical (unpaired) electrons. The smallest absolute Gasteiger partial charge is 0.319 e. The number of hydrogen-bond acceptors (Lipinski definition) is 5. The van der Waals surface area contributed by atoms with Crippen molar-refractivity contribution in [3.8, 4) is 6.07 Å². The Balaban J connectivity index is 1.20. The van der Waals surface area contributed by atoms with Gasteiger partial charge in [-0.1, -0.05) is 0 Å². The first-order valence-corrected chi connectivity index (χ1v) is 10.9. The maximum Gasteiger partial charge on any atom is 0.319 e. The van der Waals surface area contributed by atoms with Gasteiger partial charge >= 0.3 is 6.03 Å². The summed E-state index contributed by atoms with van der Waals surface area (Å²) in [4.78, 5) is 17.2. The molecule has 1 aromatic carbocycles. The van der Waals surface area contributed by atoms with Crippen LogP contribution in [0.1, 0.15) is 44.1 Å². The molecule has 3 heterocycles. The van der Waals surface area contributed by atoms with E-state index in [1.807, 2.05) is 29.2 Å². The second-order valence-electron chi connectivity index (χ2n) is 8.30. The summed E-state index contributed by atoms with van der Waals surface area (Å²) in [5.41, 5.74) is 1.74. The number of carbonyl (C=O) groups is 1. The molecular weight excluding hydrogens is 366 g/mol. The number of hydrogen-bond donors (Lipinski definition) is 2. The van der Waals surface area contributed by atoms with Gasteiger partial charge in [0.05, 0.1) is 11.6 Å². The van der Waals surface area contributed by atoms with Crippen LogP contribution in [-0.2, 0) is 4.74 Å². The van der Waals surface area contributed by atoms with Crippen LogP contribution in [0.2, 0.25) is 0 Å². The van der Waals surface area contributed by atoms with Gasteiger partial charge in [0.25, 0.3) is 0 Å². The van der Waals surface area contributed by atoms with Crippen molar-refractivity contribution in [3.05, 3.63) is 29.8 Å². The molecule has 3 unspecified atom stereocenters. The van der Waals surface area contributed by atoms with E-state index in [0.29, 0.717) is 17.6 Å². The minimum absolute atomic E-state index is 0.0379. The normalized spacial score (nSPS) is 26.7. The van der Waals surface area contributed by atoms with E-state index in [-0.39, 0.29) is 12.3 Å². The van der Waals surface area contributed by atoms with E-state index in [1.165, 1.54) is 12.8 Å². The summed E-state index contributed by atoms with van der Waals surface area (Å²) in [5, 5.41) is 15.4. The predicted octanol–water partition coefficient (Wildman–Crippen LogP) is 2.75. The highest BCUT2D eigenvalue weighted by atomic mass is 16.5. The Morgan fingerprint density at radius 2 is 1.90 bits per heavy atom. The molecule has 0 saturated carbocycles. The van der Waals surface area contributed by atoms with Crippen molar-refractivity contribution < 1.29 is 9.53 Å². The number of urea groups is 1. The first kappa shape index (κ1) is 20.0. The topological polar surface area (TPSA) is 80.6 Å². The molecule has 7 heteroatoms. The zero-order valence-electron chi connectivity index (χ0n) is 17.0. The van der Waals surface area contributed by atoms with Crippen molar-refractivity contribution in [3.63, 3.8) is 0 Å². The standard InChI is InChI=1S/C22H31N5O2/c23-14-17-5-7-18(8-6-17)24-11-3-12-27-19-9-10-20(27)16-26(15-19)22(28)25-21-4-1-2-13-29-21/h5-8,19-21,24H,1-4,9-13,15-16H2,(H,25,28). The number of likely N-dealkylation sites (tertiary alicyclic amines) is 1. The fraction of sp³-hybridized carbons (Fsp3) is 0.636. The van der Waals surface area contributed by atoms with Crippen LogP contribution < -0.4 is 10.6 Å². The number of anilines is 1. The Morgan fingerprint density at radius 1 is 1.14 bits per heavy atom. The highest BCUT2D eigenvalue weighted by molar-refractivity contribution is 5.74. The second kappa shape index (κ2) is 9.47. The third kappa shape index (κ3) is 5.01. The minimum Gasteiger partial charge on any atom is -0.385 e. The maximum atomic E-state index is 12.6. The van der Waals surface area contributed by atoms with Crippen LogP contribution in [0.3, 0.4) is 0 Å². The lowest BCUT2D eigenvalue weighted by molar-refractivity contribution is -0.00383. The van der Waals surface area contributed by atoms with Gasteiger partial charge in [0, 0.05) is 50.6 Å². The van der Waals surface area contributed by atoms with Crippen LogP contribution in [-0.4, -0.2) is 66.9 Å². The van der Waals surface area contributed by atoms with Gasteiger partial charge in [-0.3, -0.25) is 4.90 Å². The predicted molar refractivity (Wildman–Crippen MR) is 111 cm³/mol. The summed E-state index contributed by atoms with van der Waals surface area (Å²) in [6.07, 6.45) is 6.45. The van der Waals surface area contributed by atoms with E-state index in [2.05, 4.69) is 21.6 Å². The van der Waals surface area contributed by atoms with Gasteiger partial charge in [0.2, 0.25) is 0 Å². The Kier molecular flexibility index (Phi) is 6.53. The molecule has 2 bridgehead atoms. The Labute approximate surface area is 173 Å². The average Bonchev–Trinajstić information content (AvgIpc) is 2.99. The third-order valence-electron chi connectivity index (χ3n) is 6.32. The Bertz CT molecular complexity index is 712. The number of ether oxygens (including phenoxy) is 1. The number of nitriles is 1. The summed E-state index contributed by atoms with van der Waals surface area (Å²) >= 11 is 0. The summed E-state index contributed by atoms with van der Waals surface area (Å²) in [6.45, 7) is 4.35. The van der Waals surface area contributed by atoms with Gasteiger partial charge in [-0.25, -0.2) is 4.79 Å². The van der Waals surface area contributed by atoms with Crippen molar-refractivity contribution in [2.24, 2.45) is 0 Å². The second-order valence-corrected chi connectivity index (χ2v) is 8.30. The molecule has 3 atom stereocenters. The minimum atomic E-state index is -0.111. The molecule has 0 spiro atoms. The summed E-state index contributed by atoms with van der Waals surface area (Å²) in [5.74, 6) is 0. The molecule has 3 saturated heterocycles. The number of nitrogens with zero attached hydrogens (tertiary/aromatic N) is 3. The fourth-order valence-corrected chi connectivity index (χ4v) is 4.76. The van der Waals surface area contributed by atoms with Gasteiger partial charge in [-0.2, -0.15) is 5.26 Å².